The maximum absolute atomic E-state index is 13.0. The first-order chi connectivity index (χ1) is 20.0. The third-order valence-electron chi connectivity index (χ3n) is 7.53. The number of benzene rings is 1. The van der Waals surface area contributed by atoms with Crippen molar-refractivity contribution >= 4 is 18.0 Å². The SMILES string of the molecule is C/C=C/N/C(OCC(C)C)=C(\C=N)C(=O)NC1C(C)CC2CC1C[C@@](C)(O)C2.CC.CNC(=O)CCc1ccccc1. The third kappa shape index (κ3) is 12.8. The molecule has 2 amide bonds. The molecule has 0 spiro atoms. The maximum Gasteiger partial charge on any atom is 0.258 e. The van der Waals surface area contributed by atoms with Gasteiger partial charge in [-0.1, -0.05) is 71.0 Å². The van der Waals surface area contributed by atoms with Crippen LogP contribution in [-0.2, 0) is 20.7 Å². The van der Waals surface area contributed by atoms with Gasteiger partial charge < -0.3 is 31.2 Å². The van der Waals surface area contributed by atoms with Crippen molar-refractivity contribution in [1.82, 2.24) is 16.0 Å². The first-order valence-electron chi connectivity index (χ1n) is 15.5. The summed E-state index contributed by atoms with van der Waals surface area (Å²) < 4.78 is 5.78. The fourth-order valence-corrected chi connectivity index (χ4v) is 5.81. The smallest absolute Gasteiger partial charge is 0.258 e. The average molecular weight is 585 g/mol. The molecule has 2 aliphatic carbocycles. The van der Waals surface area contributed by atoms with E-state index in [1.165, 1.54) is 5.56 Å². The summed E-state index contributed by atoms with van der Waals surface area (Å²) in [5.74, 6) is 1.53. The summed E-state index contributed by atoms with van der Waals surface area (Å²) in [6.07, 6.45) is 9.55. The lowest BCUT2D eigenvalue weighted by atomic mass is 9.61. The van der Waals surface area contributed by atoms with Gasteiger partial charge in [-0.05, 0) is 81.4 Å². The number of ether oxygens (including phenoxy) is 1. The molecule has 2 bridgehead atoms. The van der Waals surface area contributed by atoms with Crippen molar-refractivity contribution in [3.63, 3.8) is 0 Å². The van der Waals surface area contributed by atoms with Crippen LogP contribution in [0.1, 0.15) is 86.1 Å². The fraction of sp³-hybridized carbons (Fsp3) is 0.618. The molecular weight excluding hydrogens is 528 g/mol. The minimum atomic E-state index is -0.657. The Morgan fingerprint density at radius 2 is 1.83 bits per heavy atom. The van der Waals surface area contributed by atoms with Crippen molar-refractivity contribution in [2.45, 2.75) is 98.6 Å². The van der Waals surface area contributed by atoms with E-state index in [4.69, 9.17) is 10.1 Å². The minimum absolute atomic E-state index is 0.00135. The number of fused-ring (bicyclic) bond motifs is 2. The van der Waals surface area contributed by atoms with Crippen LogP contribution in [0.25, 0.3) is 0 Å². The number of hydrogen-bond acceptors (Lipinski definition) is 6. The number of hydrogen-bond donors (Lipinski definition) is 5. The largest absolute Gasteiger partial charge is 0.478 e. The van der Waals surface area contributed by atoms with Gasteiger partial charge in [-0.3, -0.25) is 9.59 Å². The summed E-state index contributed by atoms with van der Waals surface area (Å²) in [5, 5.41) is 27.1. The zero-order valence-electron chi connectivity index (χ0n) is 27.1. The lowest BCUT2D eigenvalue weighted by Gasteiger charge is -2.49. The molecular formula is C34H56N4O4. The first-order valence-corrected chi connectivity index (χ1v) is 15.5. The quantitative estimate of drug-likeness (QED) is 0.129. The van der Waals surface area contributed by atoms with Crippen molar-refractivity contribution in [2.75, 3.05) is 13.7 Å². The minimum Gasteiger partial charge on any atom is -0.478 e. The van der Waals surface area contributed by atoms with Crippen LogP contribution in [0.15, 0.2) is 54.1 Å². The molecule has 2 fully saturated rings. The van der Waals surface area contributed by atoms with Gasteiger partial charge in [0, 0.05) is 25.7 Å². The third-order valence-corrected chi connectivity index (χ3v) is 7.53. The zero-order chi connectivity index (χ0) is 31.7. The second-order valence-corrected chi connectivity index (χ2v) is 11.9. The van der Waals surface area contributed by atoms with Gasteiger partial charge >= 0.3 is 0 Å². The maximum atomic E-state index is 13.0. The summed E-state index contributed by atoms with van der Waals surface area (Å²) >= 11 is 0. The van der Waals surface area contributed by atoms with E-state index in [9.17, 15) is 14.7 Å². The second-order valence-electron chi connectivity index (χ2n) is 11.9. The van der Waals surface area contributed by atoms with Crippen LogP contribution < -0.4 is 16.0 Å². The summed E-state index contributed by atoms with van der Waals surface area (Å²) in [5.41, 5.74) is 0.743. The van der Waals surface area contributed by atoms with Crippen LogP contribution in [0.3, 0.4) is 0 Å². The number of carbonyl (C=O) groups is 2. The number of carbonyl (C=O) groups excluding carboxylic acids is 2. The molecule has 0 radical (unpaired) electrons. The van der Waals surface area contributed by atoms with Crippen LogP contribution >= 0.6 is 0 Å². The Balaban J connectivity index is 0.000000524. The molecule has 2 saturated carbocycles. The first kappa shape index (κ1) is 36.9. The van der Waals surface area contributed by atoms with Gasteiger partial charge in [-0.15, -0.1) is 0 Å². The second kappa shape index (κ2) is 19.1. The zero-order valence-corrected chi connectivity index (χ0v) is 27.1. The number of nitrogens with one attached hydrogen (secondary N) is 4. The van der Waals surface area contributed by atoms with Gasteiger partial charge in [0.2, 0.25) is 11.8 Å². The summed E-state index contributed by atoms with van der Waals surface area (Å²) in [7, 11) is 1.66. The molecule has 2 aliphatic rings. The summed E-state index contributed by atoms with van der Waals surface area (Å²) in [6.45, 7) is 14.5. The van der Waals surface area contributed by atoms with Crippen molar-refractivity contribution in [2.24, 2.45) is 23.7 Å². The Morgan fingerprint density at radius 1 is 1.17 bits per heavy atom. The van der Waals surface area contributed by atoms with E-state index in [1.54, 1.807) is 13.2 Å². The Hall–Kier alpha value is -3.13. The highest BCUT2D eigenvalue weighted by molar-refractivity contribution is 6.11. The highest BCUT2D eigenvalue weighted by Gasteiger charge is 2.45. The number of aliphatic hydroxyl groups is 1. The number of allylic oxidation sites excluding steroid dienone is 1. The molecule has 1 aromatic rings. The topological polar surface area (TPSA) is 124 Å². The lowest BCUT2D eigenvalue weighted by molar-refractivity contribution is -0.121. The van der Waals surface area contributed by atoms with E-state index in [0.717, 1.165) is 31.9 Å². The summed E-state index contributed by atoms with van der Waals surface area (Å²) in [4.78, 5) is 23.9. The Bertz CT molecular complexity index is 1020. The molecule has 42 heavy (non-hydrogen) atoms. The van der Waals surface area contributed by atoms with E-state index < -0.39 is 5.60 Å². The molecule has 236 valence electrons. The Morgan fingerprint density at radius 3 is 2.40 bits per heavy atom. The van der Waals surface area contributed by atoms with Crippen molar-refractivity contribution < 1.29 is 19.4 Å². The predicted molar refractivity (Wildman–Crippen MR) is 172 cm³/mol. The standard InChI is InChI=1S/C22H37N3O3.C10H13NO.C2H6/c1-6-7-24-21(28-13-14(2)3)18(12-23)20(26)25-19-15(4)8-16-9-17(19)11-22(5,27)10-16;1-11-10(12)8-7-9-5-3-2-4-6-9;1-2/h6-7,12,14-17,19,23-24,27H,8-11,13H2,1-5H3,(H,25,26);2-6H,7-8H2,1H3,(H,11,12);1-2H3/b7-6+,21-18-,23-12?;;/t15?,16?,17?,19?,22-;;/m0../s1. The van der Waals surface area contributed by atoms with E-state index >= 15 is 0 Å². The average Bonchev–Trinajstić information content (AvgIpc) is 2.96. The molecule has 3 rings (SSSR count). The fourth-order valence-electron chi connectivity index (χ4n) is 5.81. The highest BCUT2D eigenvalue weighted by Crippen LogP contribution is 2.46. The van der Waals surface area contributed by atoms with E-state index in [-0.39, 0.29) is 29.3 Å². The molecule has 8 nitrogen and oxygen atoms in total. The van der Waals surface area contributed by atoms with Gasteiger partial charge in [0.1, 0.15) is 5.57 Å². The number of rotatable bonds is 11. The van der Waals surface area contributed by atoms with Crippen LogP contribution in [0.2, 0.25) is 0 Å². The summed E-state index contributed by atoms with van der Waals surface area (Å²) in [6, 6.07) is 10.0. The Labute approximate surface area is 254 Å². The normalized spacial score (nSPS) is 25.1. The van der Waals surface area contributed by atoms with Crippen LogP contribution in [0.4, 0.5) is 0 Å². The van der Waals surface area contributed by atoms with E-state index in [2.05, 4.69) is 22.9 Å². The molecule has 4 unspecified atom stereocenters. The van der Waals surface area contributed by atoms with Gasteiger partial charge in [0.05, 0.1) is 12.2 Å². The highest BCUT2D eigenvalue weighted by atomic mass is 16.5. The van der Waals surface area contributed by atoms with Gasteiger partial charge in [-0.2, -0.15) is 0 Å². The predicted octanol–water partition coefficient (Wildman–Crippen LogP) is 5.73. The van der Waals surface area contributed by atoms with Crippen molar-refractivity contribution in [3.05, 3.63) is 59.6 Å². The van der Waals surface area contributed by atoms with Gasteiger partial charge in [-0.25, -0.2) is 0 Å². The Kier molecular flexibility index (Phi) is 16.8. The van der Waals surface area contributed by atoms with E-state index in [1.807, 2.05) is 78.0 Å². The van der Waals surface area contributed by atoms with Gasteiger partial charge in [0.15, 0.2) is 0 Å². The molecule has 0 aromatic heterocycles. The molecule has 1 aromatic carbocycles. The molecule has 0 aliphatic heterocycles. The van der Waals surface area contributed by atoms with Crippen molar-refractivity contribution in [1.29, 1.82) is 5.41 Å². The van der Waals surface area contributed by atoms with E-state index in [0.29, 0.717) is 43.1 Å². The molecule has 5 N–H and O–H groups in total. The molecule has 0 saturated heterocycles. The van der Waals surface area contributed by atoms with Crippen LogP contribution in [-0.4, -0.2) is 48.4 Å². The van der Waals surface area contributed by atoms with Gasteiger partial charge in [0.25, 0.3) is 5.91 Å². The lowest BCUT2D eigenvalue weighted by Crippen LogP contribution is -2.54. The number of aryl methyl sites for hydroxylation is 1. The number of amides is 2. The van der Waals surface area contributed by atoms with Crippen LogP contribution in [0, 0.1) is 29.1 Å². The van der Waals surface area contributed by atoms with Crippen LogP contribution in [0.5, 0.6) is 0 Å². The molecule has 5 atom stereocenters. The molecule has 0 heterocycles. The monoisotopic (exact) mass is 584 g/mol. The van der Waals surface area contributed by atoms with Crippen molar-refractivity contribution in [3.8, 4) is 0 Å². The molecule has 8 heteroatoms.